The number of anilines is 1. The van der Waals surface area contributed by atoms with Crippen molar-refractivity contribution in [3.05, 3.63) is 23.5 Å². The van der Waals surface area contributed by atoms with Crippen LogP contribution >= 0.6 is 24.8 Å². The molecule has 0 radical (unpaired) electrons. The minimum absolute atomic E-state index is 0. The second-order valence-corrected chi connectivity index (χ2v) is 2.68. The molecule has 0 bridgehead atoms. The number of nitrogens with one attached hydrogen (secondary N) is 1. The van der Waals surface area contributed by atoms with Crippen molar-refractivity contribution >= 4 is 30.5 Å². The van der Waals surface area contributed by atoms with Gasteiger partial charge < -0.3 is 5.32 Å². The van der Waals surface area contributed by atoms with Gasteiger partial charge in [-0.05, 0) is 18.6 Å². The van der Waals surface area contributed by atoms with Crippen LogP contribution in [0.15, 0.2) is 12.3 Å². The summed E-state index contributed by atoms with van der Waals surface area (Å²) >= 11 is 0. The lowest BCUT2D eigenvalue weighted by molar-refractivity contribution is 1.04. The van der Waals surface area contributed by atoms with Crippen LogP contribution in [0.2, 0.25) is 0 Å². The van der Waals surface area contributed by atoms with Crippen molar-refractivity contribution < 1.29 is 0 Å². The standard InChI is InChI=1S/C8H10N2.2ClH/c1-6-4-8-7(10-5-6)2-3-9-8;;/h4-5,9H,2-3H2,1H3;2*1H. The second kappa shape index (κ2) is 4.53. The Morgan fingerprint density at radius 3 is 2.92 bits per heavy atom. The molecule has 0 saturated heterocycles. The number of hydrogen-bond donors (Lipinski definition) is 1. The van der Waals surface area contributed by atoms with Crippen LogP contribution in [0.4, 0.5) is 5.69 Å². The molecule has 0 unspecified atom stereocenters. The van der Waals surface area contributed by atoms with Crippen LogP contribution in [0.3, 0.4) is 0 Å². The summed E-state index contributed by atoms with van der Waals surface area (Å²) in [6.45, 7) is 3.11. The Morgan fingerprint density at radius 1 is 1.42 bits per heavy atom. The Labute approximate surface area is 84.6 Å². The number of aryl methyl sites for hydroxylation is 1. The molecule has 68 valence electrons. The van der Waals surface area contributed by atoms with E-state index in [-0.39, 0.29) is 24.8 Å². The fourth-order valence-corrected chi connectivity index (χ4v) is 1.27. The molecule has 1 N–H and O–H groups in total. The zero-order valence-corrected chi connectivity index (χ0v) is 8.47. The lowest BCUT2D eigenvalue weighted by atomic mass is 10.2. The summed E-state index contributed by atoms with van der Waals surface area (Å²) in [6.07, 6.45) is 3.00. The van der Waals surface area contributed by atoms with Gasteiger partial charge in [0.2, 0.25) is 0 Å². The highest BCUT2D eigenvalue weighted by Crippen LogP contribution is 2.19. The Balaban J connectivity index is 0.000000605. The van der Waals surface area contributed by atoms with Gasteiger partial charge in [0.05, 0.1) is 11.4 Å². The largest absolute Gasteiger partial charge is 0.383 e. The summed E-state index contributed by atoms with van der Waals surface area (Å²) in [6, 6.07) is 2.15. The fourth-order valence-electron chi connectivity index (χ4n) is 1.27. The van der Waals surface area contributed by atoms with Gasteiger partial charge in [0, 0.05) is 19.2 Å². The molecule has 0 amide bonds. The number of halogens is 2. The molecular formula is C8H12Cl2N2. The molecule has 1 aliphatic rings. The van der Waals surface area contributed by atoms with Crippen LogP contribution in [0.25, 0.3) is 0 Å². The van der Waals surface area contributed by atoms with Gasteiger partial charge in [-0.15, -0.1) is 24.8 Å². The SMILES string of the molecule is Cc1cnc2c(c1)NCC2.Cl.Cl. The van der Waals surface area contributed by atoms with Crippen LogP contribution in [-0.4, -0.2) is 11.5 Å². The molecule has 2 heterocycles. The van der Waals surface area contributed by atoms with Crippen LogP contribution in [0.1, 0.15) is 11.3 Å². The van der Waals surface area contributed by atoms with E-state index < -0.39 is 0 Å². The Hall–Kier alpha value is -0.470. The van der Waals surface area contributed by atoms with E-state index in [1.807, 2.05) is 6.20 Å². The van der Waals surface area contributed by atoms with Crippen molar-refractivity contribution in [1.29, 1.82) is 0 Å². The molecule has 2 nitrogen and oxygen atoms in total. The molecule has 0 aliphatic carbocycles. The summed E-state index contributed by atoms with van der Waals surface area (Å²) in [4.78, 5) is 4.30. The lowest BCUT2D eigenvalue weighted by Gasteiger charge is -1.97. The van der Waals surface area contributed by atoms with Crippen LogP contribution in [0.5, 0.6) is 0 Å². The predicted molar refractivity (Wildman–Crippen MR) is 55.7 cm³/mol. The number of fused-ring (bicyclic) bond motifs is 1. The van der Waals surface area contributed by atoms with Crippen molar-refractivity contribution in [2.24, 2.45) is 0 Å². The normalized spacial score (nSPS) is 12.1. The van der Waals surface area contributed by atoms with Gasteiger partial charge in [-0.25, -0.2) is 0 Å². The highest BCUT2D eigenvalue weighted by atomic mass is 35.5. The van der Waals surface area contributed by atoms with E-state index >= 15 is 0 Å². The first-order chi connectivity index (χ1) is 4.86. The molecule has 0 atom stereocenters. The molecule has 2 rings (SSSR count). The molecule has 12 heavy (non-hydrogen) atoms. The first-order valence-corrected chi connectivity index (χ1v) is 3.55. The van der Waals surface area contributed by atoms with Gasteiger partial charge in [-0.1, -0.05) is 0 Å². The van der Waals surface area contributed by atoms with E-state index in [0.29, 0.717) is 0 Å². The monoisotopic (exact) mass is 206 g/mol. The van der Waals surface area contributed by atoms with E-state index in [2.05, 4.69) is 23.3 Å². The maximum absolute atomic E-state index is 4.30. The summed E-state index contributed by atoms with van der Waals surface area (Å²) in [5, 5.41) is 3.28. The highest BCUT2D eigenvalue weighted by Gasteiger charge is 2.09. The van der Waals surface area contributed by atoms with E-state index in [1.54, 1.807) is 0 Å². The Kier molecular flexibility index (Phi) is 4.35. The molecule has 1 aromatic heterocycles. The molecule has 1 aliphatic heterocycles. The molecule has 4 heteroatoms. The van der Waals surface area contributed by atoms with Crippen LogP contribution in [-0.2, 0) is 6.42 Å². The topological polar surface area (TPSA) is 24.9 Å². The summed E-state index contributed by atoms with van der Waals surface area (Å²) < 4.78 is 0. The number of aromatic nitrogens is 1. The quantitative estimate of drug-likeness (QED) is 0.705. The van der Waals surface area contributed by atoms with Gasteiger partial charge in [0.1, 0.15) is 0 Å². The zero-order chi connectivity index (χ0) is 6.97. The van der Waals surface area contributed by atoms with Crippen LogP contribution in [0, 0.1) is 6.92 Å². The lowest BCUT2D eigenvalue weighted by Crippen LogP contribution is -1.90. The molecule has 0 spiro atoms. The van der Waals surface area contributed by atoms with Gasteiger partial charge in [-0.3, -0.25) is 4.98 Å². The van der Waals surface area contributed by atoms with E-state index in [1.165, 1.54) is 16.9 Å². The molecular weight excluding hydrogens is 195 g/mol. The smallest absolute Gasteiger partial charge is 0.0652 e. The van der Waals surface area contributed by atoms with Gasteiger partial charge in [0.25, 0.3) is 0 Å². The van der Waals surface area contributed by atoms with Crippen molar-refractivity contribution in [2.45, 2.75) is 13.3 Å². The summed E-state index contributed by atoms with van der Waals surface area (Å²) in [5.74, 6) is 0. The Bertz CT molecular complexity index is 263. The number of nitrogens with zero attached hydrogens (tertiary/aromatic N) is 1. The van der Waals surface area contributed by atoms with Crippen molar-refractivity contribution in [2.75, 3.05) is 11.9 Å². The maximum Gasteiger partial charge on any atom is 0.0652 e. The van der Waals surface area contributed by atoms with Gasteiger partial charge in [-0.2, -0.15) is 0 Å². The number of rotatable bonds is 0. The molecule has 0 saturated carbocycles. The maximum atomic E-state index is 4.30. The van der Waals surface area contributed by atoms with E-state index in [4.69, 9.17) is 0 Å². The third kappa shape index (κ3) is 2.02. The van der Waals surface area contributed by atoms with Crippen molar-refractivity contribution in [1.82, 2.24) is 4.98 Å². The average Bonchev–Trinajstić information content (AvgIpc) is 2.33. The van der Waals surface area contributed by atoms with Crippen LogP contribution < -0.4 is 5.32 Å². The third-order valence-electron chi connectivity index (χ3n) is 1.78. The highest BCUT2D eigenvalue weighted by molar-refractivity contribution is 5.85. The van der Waals surface area contributed by atoms with Gasteiger partial charge in [0.15, 0.2) is 0 Å². The zero-order valence-electron chi connectivity index (χ0n) is 6.83. The minimum atomic E-state index is 0. The predicted octanol–water partition coefficient (Wildman–Crippen LogP) is 2.20. The summed E-state index contributed by atoms with van der Waals surface area (Å²) in [7, 11) is 0. The van der Waals surface area contributed by atoms with Gasteiger partial charge >= 0.3 is 0 Å². The first kappa shape index (κ1) is 11.5. The first-order valence-electron chi connectivity index (χ1n) is 3.55. The molecule has 0 fully saturated rings. The fraction of sp³-hybridized carbons (Fsp3) is 0.375. The Morgan fingerprint density at radius 2 is 2.17 bits per heavy atom. The average molecular weight is 207 g/mol. The summed E-state index contributed by atoms with van der Waals surface area (Å²) in [5.41, 5.74) is 3.67. The van der Waals surface area contributed by atoms with Crippen molar-refractivity contribution in [3.8, 4) is 0 Å². The van der Waals surface area contributed by atoms with E-state index in [0.717, 1.165) is 13.0 Å². The van der Waals surface area contributed by atoms with E-state index in [9.17, 15) is 0 Å². The second-order valence-electron chi connectivity index (χ2n) is 2.68. The number of pyridine rings is 1. The molecule has 1 aromatic rings. The minimum Gasteiger partial charge on any atom is -0.383 e. The van der Waals surface area contributed by atoms with Crippen molar-refractivity contribution in [3.63, 3.8) is 0 Å². The third-order valence-corrected chi connectivity index (χ3v) is 1.78. The number of hydrogen-bond acceptors (Lipinski definition) is 2. The molecule has 0 aromatic carbocycles.